The Balaban J connectivity index is 0.953. The van der Waals surface area contributed by atoms with Crippen molar-refractivity contribution >= 4 is 96.7 Å². The maximum absolute atomic E-state index is 5.91. The minimum absolute atomic E-state index is 0.0263. The molecule has 0 saturated heterocycles. The zero-order chi connectivity index (χ0) is 52.0. The summed E-state index contributed by atoms with van der Waals surface area (Å²) in [7, 11) is 0. The lowest BCUT2D eigenvalue weighted by atomic mass is 9.70. The third kappa shape index (κ3) is 9.37. The molecule has 1 aliphatic rings. The van der Waals surface area contributed by atoms with Gasteiger partial charge in [0, 0.05) is 87.5 Å². The number of benzene rings is 7. The van der Waals surface area contributed by atoms with Crippen LogP contribution in [0.3, 0.4) is 0 Å². The minimum Gasteiger partial charge on any atom is -0.243 e. The molecule has 384 valence electrons. The molecule has 12 aromatic rings. The molecule has 77 heavy (non-hydrogen) atoms. The van der Waals surface area contributed by atoms with Gasteiger partial charge >= 0.3 is 0 Å². The first-order valence-electron chi connectivity index (χ1n) is 28.5. The molecule has 0 saturated carbocycles. The molecule has 0 amide bonds. The van der Waals surface area contributed by atoms with Gasteiger partial charge in [0.2, 0.25) is 0 Å². The number of hydrogen-bond acceptors (Lipinski definition) is 6. The fourth-order valence-corrected chi connectivity index (χ4v) is 17.0. The Kier molecular flexibility index (Phi) is 14.0. The first kappa shape index (κ1) is 50.2. The Bertz CT molecular complexity index is 4120. The van der Waals surface area contributed by atoms with E-state index in [2.05, 4.69) is 185 Å². The van der Waals surface area contributed by atoms with Crippen LogP contribution in [0.15, 0.2) is 158 Å². The monoisotopic (exact) mass is 1070 g/mol. The number of aromatic nitrogens is 2. The first-order chi connectivity index (χ1) is 37.9. The van der Waals surface area contributed by atoms with Gasteiger partial charge in [0.15, 0.2) is 0 Å². The van der Waals surface area contributed by atoms with Gasteiger partial charge in [-0.2, -0.15) is 0 Å². The van der Waals surface area contributed by atoms with Crippen molar-refractivity contribution < 1.29 is 0 Å². The summed E-state index contributed by atoms with van der Waals surface area (Å²) in [5, 5.41) is 5.17. The van der Waals surface area contributed by atoms with Gasteiger partial charge in [-0.25, -0.2) is 9.97 Å². The molecule has 0 spiro atoms. The van der Waals surface area contributed by atoms with E-state index in [9.17, 15) is 0 Å². The van der Waals surface area contributed by atoms with Gasteiger partial charge in [0.25, 0.3) is 0 Å². The molecule has 6 heteroatoms. The summed E-state index contributed by atoms with van der Waals surface area (Å²) in [5.74, 6) is 0. The fourth-order valence-electron chi connectivity index (χ4n) is 12.7. The summed E-state index contributed by atoms with van der Waals surface area (Å²) in [6.07, 6.45) is 18.3. The summed E-state index contributed by atoms with van der Waals surface area (Å²) in [6.45, 7) is 9.14. The van der Waals surface area contributed by atoms with E-state index in [1.807, 2.05) is 45.3 Å². The average Bonchev–Trinajstić information content (AvgIpc) is 4.46. The standard InChI is InChI=1S/C71H66N2S4/c1-5-7-9-11-13-19-39-71(40-20-14-12-10-8-6-2)58-41-45(3)25-30-50(58)51-31-27-47(42-59(51)71)60-37-38-64(75-60)57-35-34-56(63-36-26-46(4)74-63)69-70(57)73-68(49-29-33-55-53-22-16-18-24-62(53)77-66(55)44-49)67(72-69)48-28-32-54-52-21-15-17-23-61(52)76-65(54)43-48/h15-18,21-38,41-44H,5-14,19-20,39-40H2,1-4H3. The molecule has 0 unspecified atom stereocenters. The molecule has 0 bridgehead atoms. The highest BCUT2D eigenvalue weighted by molar-refractivity contribution is 7.26. The summed E-state index contributed by atoms with van der Waals surface area (Å²) in [4.78, 5) is 16.8. The van der Waals surface area contributed by atoms with E-state index >= 15 is 0 Å². The smallest absolute Gasteiger partial charge is 0.0988 e. The van der Waals surface area contributed by atoms with Crippen molar-refractivity contribution in [3.8, 4) is 65.0 Å². The van der Waals surface area contributed by atoms with E-state index in [0.717, 1.165) is 44.7 Å². The first-order valence-corrected chi connectivity index (χ1v) is 31.8. The summed E-state index contributed by atoms with van der Waals surface area (Å²) >= 11 is 7.44. The van der Waals surface area contributed by atoms with Crippen LogP contribution in [0.4, 0.5) is 0 Å². The van der Waals surface area contributed by atoms with E-state index in [-0.39, 0.29) is 5.41 Å². The molecular formula is C71H66N2S4. The van der Waals surface area contributed by atoms with Crippen molar-refractivity contribution in [2.24, 2.45) is 0 Å². The van der Waals surface area contributed by atoms with E-state index < -0.39 is 0 Å². The zero-order valence-electron chi connectivity index (χ0n) is 44.9. The molecule has 0 fully saturated rings. The predicted octanol–water partition coefficient (Wildman–Crippen LogP) is 23.2. The maximum atomic E-state index is 5.91. The highest BCUT2D eigenvalue weighted by Crippen LogP contribution is 2.56. The molecule has 7 aromatic carbocycles. The van der Waals surface area contributed by atoms with Crippen molar-refractivity contribution in [2.45, 2.75) is 123 Å². The number of rotatable bonds is 19. The topological polar surface area (TPSA) is 25.8 Å². The molecule has 5 aromatic heterocycles. The lowest BCUT2D eigenvalue weighted by Gasteiger charge is -2.33. The molecule has 0 radical (unpaired) electrons. The van der Waals surface area contributed by atoms with Gasteiger partial charge in [-0.05, 0) is 109 Å². The van der Waals surface area contributed by atoms with Crippen LogP contribution in [-0.4, -0.2) is 9.97 Å². The normalized spacial score (nSPS) is 13.0. The van der Waals surface area contributed by atoms with Crippen LogP contribution in [0.5, 0.6) is 0 Å². The zero-order valence-corrected chi connectivity index (χ0v) is 48.2. The summed E-state index contributed by atoms with van der Waals surface area (Å²) in [6, 6.07) is 60.1. The van der Waals surface area contributed by atoms with Gasteiger partial charge in [0.1, 0.15) is 0 Å². The molecule has 13 rings (SSSR count). The number of nitrogens with zero attached hydrogens (tertiary/aromatic N) is 2. The highest BCUT2D eigenvalue weighted by atomic mass is 32.1. The number of hydrogen-bond donors (Lipinski definition) is 0. The van der Waals surface area contributed by atoms with Gasteiger partial charge in [-0.1, -0.05) is 200 Å². The lowest BCUT2D eigenvalue weighted by Crippen LogP contribution is -2.25. The van der Waals surface area contributed by atoms with Gasteiger partial charge in [0.05, 0.1) is 22.4 Å². The number of thiophene rings is 4. The van der Waals surface area contributed by atoms with Crippen molar-refractivity contribution in [2.75, 3.05) is 0 Å². The maximum Gasteiger partial charge on any atom is 0.0988 e. The molecule has 2 nitrogen and oxygen atoms in total. The molecule has 5 heterocycles. The molecule has 1 aliphatic carbocycles. The van der Waals surface area contributed by atoms with Crippen LogP contribution in [0.2, 0.25) is 0 Å². The van der Waals surface area contributed by atoms with E-state index in [1.165, 1.54) is 172 Å². The lowest BCUT2D eigenvalue weighted by molar-refractivity contribution is 0.398. The summed E-state index contributed by atoms with van der Waals surface area (Å²) in [5.41, 5.74) is 16.9. The summed E-state index contributed by atoms with van der Waals surface area (Å²) < 4.78 is 5.13. The van der Waals surface area contributed by atoms with E-state index in [1.54, 1.807) is 11.1 Å². The van der Waals surface area contributed by atoms with Gasteiger partial charge in [-0.3, -0.25) is 0 Å². The van der Waals surface area contributed by atoms with Crippen molar-refractivity contribution in [1.29, 1.82) is 0 Å². The third-order valence-corrected chi connectivity index (χ3v) is 21.2. The highest BCUT2D eigenvalue weighted by Gasteiger charge is 2.42. The van der Waals surface area contributed by atoms with Crippen molar-refractivity contribution in [3.63, 3.8) is 0 Å². The Morgan fingerprint density at radius 3 is 1.40 bits per heavy atom. The number of unbranched alkanes of at least 4 members (excludes halogenated alkanes) is 10. The fraction of sp³-hybridized carbons (Fsp3) is 0.268. The molecule has 0 atom stereocenters. The Morgan fingerprint density at radius 1 is 0.364 bits per heavy atom. The van der Waals surface area contributed by atoms with Crippen molar-refractivity contribution in [1.82, 2.24) is 9.97 Å². The van der Waals surface area contributed by atoms with Gasteiger partial charge < -0.3 is 0 Å². The molecule has 0 N–H and O–H groups in total. The van der Waals surface area contributed by atoms with Crippen LogP contribution < -0.4 is 0 Å². The van der Waals surface area contributed by atoms with Crippen LogP contribution in [0.25, 0.3) is 116 Å². The second-order valence-corrected chi connectivity index (χ2v) is 26.4. The molecular weight excluding hydrogens is 1010 g/mol. The molecule has 0 aliphatic heterocycles. The van der Waals surface area contributed by atoms with Crippen LogP contribution in [0.1, 0.15) is 125 Å². The van der Waals surface area contributed by atoms with E-state index in [4.69, 9.17) is 9.97 Å². The minimum atomic E-state index is 0.0263. The van der Waals surface area contributed by atoms with E-state index in [0.29, 0.717) is 0 Å². The van der Waals surface area contributed by atoms with Crippen LogP contribution >= 0.6 is 45.3 Å². The second-order valence-electron chi connectivity index (χ2n) is 21.9. The van der Waals surface area contributed by atoms with Crippen molar-refractivity contribution in [3.05, 3.63) is 179 Å². The van der Waals surface area contributed by atoms with Crippen LogP contribution in [-0.2, 0) is 5.41 Å². The third-order valence-electron chi connectivity index (χ3n) is 16.7. The Hall–Kier alpha value is -6.28. The average molecular weight is 1080 g/mol. The van der Waals surface area contributed by atoms with Gasteiger partial charge in [-0.15, -0.1) is 45.3 Å². The predicted molar refractivity (Wildman–Crippen MR) is 340 cm³/mol. The second kappa shape index (κ2) is 21.5. The Labute approximate surface area is 470 Å². The number of aryl methyl sites for hydroxylation is 2. The SMILES string of the molecule is CCCCCCCCC1(CCCCCCCC)c2cc(C)ccc2-c2ccc(-c3ccc(-c4ccc(-c5ccc(C)s5)c5nc(-c6ccc7c(c6)sc6ccccc67)c(-c6ccc7c(c6)sc6ccccc67)nc45)s3)cc21. The number of fused-ring (bicyclic) bond motifs is 10. The largest absolute Gasteiger partial charge is 0.243 e. The van der Waals surface area contributed by atoms with Crippen LogP contribution in [0, 0.1) is 13.8 Å². The Morgan fingerprint density at radius 2 is 0.831 bits per heavy atom. The quantitative estimate of drug-likeness (QED) is 0.0754.